The van der Waals surface area contributed by atoms with Crippen molar-refractivity contribution in [3.63, 3.8) is 0 Å². The van der Waals surface area contributed by atoms with Crippen LogP contribution in [0.1, 0.15) is 38.5 Å². The van der Waals surface area contributed by atoms with E-state index < -0.39 is 0 Å². The van der Waals surface area contributed by atoms with E-state index in [4.69, 9.17) is 9.47 Å². The molecule has 2 heteroatoms. The molecule has 0 bridgehead atoms. The second-order valence-electron chi connectivity index (χ2n) is 6.62. The van der Waals surface area contributed by atoms with Gasteiger partial charge in [-0.05, 0) is 62.2 Å². The third-order valence-corrected chi connectivity index (χ3v) is 5.30. The lowest BCUT2D eigenvalue weighted by atomic mass is 9.80. The summed E-state index contributed by atoms with van der Waals surface area (Å²) in [6.45, 7) is 3.99. The van der Waals surface area contributed by atoms with Gasteiger partial charge < -0.3 is 9.47 Å². The Morgan fingerprint density at radius 3 is 2.25 bits per heavy atom. The SMILES string of the molecule is C1=CC2CCOCC2CC1.C1=CCC2COCCC2C1. The van der Waals surface area contributed by atoms with Gasteiger partial charge in [-0.15, -0.1) is 0 Å². The predicted molar refractivity (Wildman–Crippen MR) is 81.6 cm³/mol. The lowest BCUT2D eigenvalue weighted by Crippen LogP contribution is -2.28. The first-order valence-corrected chi connectivity index (χ1v) is 8.40. The third kappa shape index (κ3) is 3.73. The van der Waals surface area contributed by atoms with Crippen molar-refractivity contribution in [1.82, 2.24) is 0 Å². The Balaban J connectivity index is 0.000000121. The van der Waals surface area contributed by atoms with E-state index in [0.29, 0.717) is 0 Å². The van der Waals surface area contributed by atoms with Gasteiger partial charge in [0, 0.05) is 26.4 Å². The molecule has 0 N–H and O–H groups in total. The highest BCUT2D eigenvalue weighted by atomic mass is 16.5. The highest BCUT2D eigenvalue weighted by molar-refractivity contribution is 4.98. The Morgan fingerprint density at radius 1 is 0.700 bits per heavy atom. The van der Waals surface area contributed by atoms with Gasteiger partial charge in [-0.25, -0.2) is 0 Å². The van der Waals surface area contributed by atoms with Crippen molar-refractivity contribution in [2.75, 3.05) is 26.4 Å². The molecule has 2 saturated heterocycles. The fraction of sp³-hybridized carbons (Fsp3) is 0.778. The molecule has 2 heterocycles. The van der Waals surface area contributed by atoms with Crippen molar-refractivity contribution >= 4 is 0 Å². The molecule has 0 aromatic heterocycles. The van der Waals surface area contributed by atoms with Crippen LogP contribution in [0.5, 0.6) is 0 Å². The number of ether oxygens (including phenoxy) is 2. The fourth-order valence-corrected chi connectivity index (χ4v) is 3.90. The normalized spacial score (nSPS) is 39.2. The minimum atomic E-state index is 0.846. The molecule has 2 aliphatic carbocycles. The lowest BCUT2D eigenvalue weighted by molar-refractivity contribution is 0.0163. The van der Waals surface area contributed by atoms with E-state index in [-0.39, 0.29) is 0 Å². The summed E-state index contributed by atoms with van der Waals surface area (Å²) < 4.78 is 10.8. The summed E-state index contributed by atoms with van der Waals surface area (Å²) in [5.41, 5.74) is 0. The van der Waals surface area contributed by atoms with Crippen molar-refractivity contribution in [2.45, 2.75) is 38.5 Å². The minimum absolute atomic E-state index is 0.846. The van der Waals surface area contributed by atoms with Crippen LogP contribution in [0.3, 0.4) is 0 Å². The molecule has 2 nitrogen and oxygen atoms in total. The third-order valence-electron chi connectivity index (χ3n) is 5.30. The Labute approximate surface area is 123 Å². The van der Waals surface area contributed by atoms with Crippen molar-refractivity contribution in [2.24, 2.45) is 23.7 Å². The maximum absolute atomic E-state index is 5.41. The van der Waals surface area contributed by atoms with Gasteiger partial charge in [-0.3, -0.25) is 0 Å². The molecule has 4 rings (SSSR count). The van der Waals surface area contributed by atoms with E-state index in [1.807, 2.05) is 0 Å². The van der Waals surface area contributed by atoms with Gasteiger partial charge in [0.15, 0.2) is 0 Å². The Hall–Kier alpha value is -0.600. The highest BCUT2D eigenvalue weighted by Gasteiger charge is 2.25. The number of hydrogen-bond acceptors (Lipinski definition) is 2. The first-order valence-electron chi connectivity index (χ1n) is 8.40. The van der Waals surface area contributed by atoms with Gasteiger partial charge in [0.05, 0.1) is 0 Å². The van der Waals surface area contributed by atoms with Gasteiger partial charge in [0.2, 0.25) is 0 Å². The summed E-state index contributed by atoms with van der Waals surface area (Å²) in [7, 11) is 0. The molecule has 4 aliphatic rings. The number of allylic oxidation sites excluding steroid dienone is 4. The molecule has 4 unspecified atom stereocenters. The number of hydrogen-bond donors (Lipinski definition) is 0. The first kappa shape index (κ1) is 14.3. The second kappa shape index (κ2) is 7.42. The van der Waals surface area contributed by atoms with Crippen LogP contribution >= 0.6 is 0 Å². The van der Waals surface area contributed by atoms with E-state index in [1.165, 1.54) is 38.5 Å². The van der Waals surface area contributed by atoms with Gasteiger partial charge in [-0.1, -0.05) is 24.3 Å². The van der Waals surface area contributed by atoms with E-state index in [2.05, 4.69) is 24.3 Å². The average molecular weight is 276 g/mol. The molecule has 0 saturated carbocycles. The Morgan fingerprint density at radius 2 is 1.45 bits per heavy atom. The van der Waals surface area contributed by atoms with Gasteiger partial charge in [0.1, 0.15) is 0 Å². The summed E-state index contributed by atoms with van der Waals surface area (Å²) >= 11 is 0. The highest BCUT2D eigenvalue weighted by Crippen LogP contribution is 2.31. The van der Waals surface area contributed by atoms with Crippen LogP contribution in [0.2, 0.25) is 0 Å². The molecule has 112 valence electrons. The van der Waals surface area contributed by atoms with Crippen LogP contribution in [0.15, 0.2) is 24.3 Å². The van der Waals surface area contributed by atoms with E-state index in [1.54, 1.807) is 0 Å². The number of rotatable bonds is 0. The van der Waals surface area contributed by atoms with Crippen LogP contribution in [0, 0.1) is 23.7 Å². The number of fused-ring (bicyclic) bond motifs is 2. The van der Waals surface area contributed by atoms with Crippen LogP contribution in [0.25, 0.3) is 0 Å². The molecule has 0 amide bonds. The Bertz CT molecular complexity index is 329. The molecule has 2 fully saturated rings. The maximum atomic E-state index is 5.41. The van der Waals surface area contributed by atoms with E-state index >= 15 is 0 Å². The monoisotopic (exact) mass is 276 g/mol. The van der Waals surface area contributed by atoms with Crippen LogP contribution in [-0.2, 0) is 9.47 Å². The zero-order valence-electron chi connectivity index (χ0n) is 12.5. The fourth-order valence-electron chi connectivity index (χ4n) is 3.90. The van der Waals surface area contributed by atoms with Crippen molar-refractivity contribution in [3.05, 3.63) is 24.3 Å². The average Bonchev–Trinajstić information content (AvgIpc) is 2.56. The molecule has 0 spiro atoms. The molecular weight excluding hydrogens is 248 g/mol. The van der Waals surface area contributed by atoms with Crippen molar-refractivity contribution in [1.29, 1.82) is 0 Å². The zero-order valence-corrected chi connectivity index (χ0v) is 12.5. The van der Waals surface area contributed by atoms with Gasteiger partial charge in [0.25, 0.3) is 0 Å². The van der Waals surface area contributed by atoms with Crippen LogP contribution in [-0.4, -0.2) is 26.4 Å². The minimum Gasteiger partial charge on any atom is -0.381 e. The largest absolute Gasteiger partial charge is 0.381 e. The maximum Gasteiger partial charge on any atom is 0.0500 e. The van der Waals surface area contributed by atoms with Crippen molar-refractivity contribution in [3.8, 4) is 0 Å². The molecule has 0 aromatic carbocycles. The quantitative estimate of drug-likeness (QED) is 0.623. The van der Waals surface area contributed by atoms with Crippen molar-refractivity contribution < 1.29 is 9.47 Å². The molecule has 4 atom stereocenters. The molecular formula is C18H28O2. The zero-order chi connectivity index (χ0) is 13.6. The second-order valence-corrected chi connectivity index (χ2v) is 6.62. The van der Waals surface area contributed by atoms with Gasteiger partial charge >= 0.3 is 0 Å². The van der Waals surface area contributed by atoms with E-state index in [0.717, 1.165) is 50.1 Å². The molecule has 2 aliphatic heterocycles. The Kier molecular flexibility index (Phi) is 5.32. The summed E-state index contributed by atoms with van der Waals surface area (Å²) in [5.74, 6) is 3.48. The van der Waals surface area contributed by atoms with Crippen LogP contribution < -0.4 is 0 Å². The molecule has 0 radical (unpaired) electrons. The van der Waals surface area contributed by atoms with Gasteiger partial charge in [-0.2, -0.15) is 0 Å². The standard InChI is InChI=1S/2C9H14O/c2*1-2-4-9-7-10-6-5-8(9)3-1/h1,3,8-9H,2,4-7H2;1-2,8-9H,3-7H2. The summed E-state index contributed by atoms with van der Waals surface area (Å²) in [6.07, 6.45) is 17.0. The summed E-state index contributed by atoms with van der Waals surface area (Å²) in [4.78, 5) is 0. The first-order chi connectivity index (χ1) is 9.93. The summed E-state index contributed by atoms with van der Waals surface area (Å²) in [6, 6.07) is 0. The topological polar surface area (TPSA) is 18.5 Å². The van der Waals surface area contributed by atoms with Crippen LogP contribution in [0.4, 0.5) is 0 Å². The summed E-state index contributed by atoms with van der Waals surface area (Å²) in [5, 5.41) is 0. The lowest BCUT2D eigenvalue weighted by Gasteiger charge is -2.32. The smallest absolute Gasteiger partial charge is 0.0500 e. The molecule has 0 aromatic rings. The van der Waals surface area contributed by atoms with E-state index in [9.17, 15) is 0 Å². The predicted octanol–water partition coefficient (Wildman–Crippen LogP) is 3.98. The molecule has 20 heavy (non-hydrogen) atoms.